The smallest absolute Gasteiger partial charge is 0.0890 e. The van der Waals surface area contributed by atoms with Gasteiger partial charge in [-0.2, -0.15) is 11.8 Å². The lowest BCUT2D eigenvalue weighted by Crippen LogP contribution is -2.26. The minimum Gasteiger partial charge on any atom is -0.308 e. The second-order valence-electron chi connectivity index (χ2n) is 5.10. The molecule has 4 heteroatoms. The monoisotopic (exact) mass is 273 g/mol. The Bertz CT molecular complexity index is 558. The van der Waals surface area contributed by atoms with E-state index >= 15 is 0 Å². The van der Waals surface area contributed by atoms with Gasteiger partial charge >= 0.3 is 0 Å². The average molecular weight is 273 g/mol. The Morgan fingerprint density at radius 2 is 2.11 bits per heavy atom. The summed E-state index contributed by atoms with van der Waals surface area (Å²) < 4.78 is 0. The summed E-state index contributed by atoms with van der Waals surface area (Å²) in [5, 5.41) is 4.44. The van der Waals surface area contributed by atoms with E-state index in [2.05, 4.69) is 21.5 Å². The minimum atomic E-state index is 0.644. The van der Waals surface area contributed by atoms with E-state index in [-0.39, 0.29) is 0 Å². The molecule has 1 saturated carbocycles. The van der Waals surface area contributed by atoms with Gasteiger partial charge in [-0.25, -0.2) is 4.98 Å². The highest BCUT2D eigenvalue weighted by atomic mass is 32.2. The average Bonchev–Trinajstić information content (AvgIpc) is 2.93. The molecule has 2 atom stereocenters. The number of nitrogens with zero attached hydrogens (tertiary/aromatic N) is 2. The number of para-hydroxylation sites is 2. The molecule has 3 rings (SSSR count). The van der Waals surface area contributed by atoms with E-state index in [1.54, 1.807) is 0 Å². The van der Waals surface area contributed by atoms with Crippen LogP contribution in [-0.4, -0.2) is 27.5 Å². The van der Waals surface area contributed by atoms with E-state index in [9.17, 15) is 0 Å². The molecule has 19 heavy (non-hydrogen) atoms. The number of benzene rings is 1. The third kappa shape index (κ3) is 3.07. The molecule has 100 valence electrons. The first kappa shape index (κ1) is 12.9. The van der Waals surface area contributed by atoms with Crippen LogP contribution in [0.1, 0.15) is 25.0 Å². The molecule has 1 aromatic carbocycles. The molecule has 2 aromatic rings. The van der Waals surface area contributed by atoms with Crippen LogP contribution in [-0.2, 0) is 6.54 Å². The predicted molar refractivity (Wildman–Crippen MR) is 81.3 cm³/mol. The molecule has 1 aliphatic rings. The fourth-order valence-corrected chi connectivity index (χ4v) is 3.47. The van der Waals surface area contributed by atoms with Crippen molar-refractivity contribution in [2.24, 2.45) is 0 Å². The summed E-state index contributed by atoms with van der Waals surface area (Å²) >= 11 is 1.99. The van der Waals surface area contributed by atoms with Crippen molar-refractivity contribution in [3.63, 3.8) is 0 Å². The van der Waals surface area contributed by atoms with E-state index < -0.39 is 0 Å². The van der Waals surface area contributed by atoms with E-state index in [0.29, 0.717) is 6.04 Å². The maximum Gasteiger partial charge on any atom is 0.0890 e. The number of fused-ring (bicyclic) bond motifs is 1. The molecular formula is C15H19N3S. The molecule has 1 N–H and O–H groups in total. The van der Waals surface area contributed by atoms with Gasteiger partial charge in [-0.15, -0.1) is 0 Å². The number of hydrogen-bond donors (Lipinski definition) is 1. The van der Waals surface area contributed by atoms with Crippen molar-refractivity contribution in [3.8, 4) is 0 Å². The van der Waals surface area contributed by atoms with E-state index in [1.807, 2.05) is 42.2 Å². The fourth-order valence-electron chi connectivity index (χ4n) is 2.67. The quantitative estimate of drug-likeness (QED) is 0.929. The molecule has 1 aromatic heterocycles. The highest BCUT2D eigenvalue weighted by molar-refractivity contribution is 7.99. The van der Waals surface area contributed by atoms with Gasteiger partial charge in [0.25, 0.3) is 0 Å². The molecule has 1 aliphatic carbocycles. The zero-order valence-electron chi connectivity index (χ0n) is 11.2. The molecule has 0 saturated heterocycles. The van der Waals surface area contributed by atoms with E-state index in [0.717, 1.165) is 28.5 Å². The third-order valence-electron chi connectivity index (χ3n) is 3.79. The first-order chi connectivity index (χ1) is 9.35. The van der Waals surface area contributed by atoms with Gasteiger partial charge in [0.2, 0.25) is 0 Å². The lowest BCUT2D eigenvalue weighted by Gasteiger charge is -2.12. The topological polar surface area (TPSA) is 37.8 Å². The van der Waals surface area contributed by atoms with E-state index in [4.69, 9.17) is 0 Å². The van der Waals surface area contributed by atoms with Crippen LogP contribution in [0.15, 0.2) is 30.5 Å². The standard InChI is InChI=1S/C15H19N3S/c1-19-13-7-6-11(8-13)16-9-12-10-17-14-4-2-3-5-15(14)18-12/h2-5,10-11,13,16H,6-9H2,1H3. The number of nitrogens with one attached hydrogen (secondary N) is 1. The summed E-state index contributed by atoms with van der Waals surface area (Å²) in [5.41, 5.74) is 2.98. The van der Waals surface area contributed by atoms with Gasteiger partial charge in [-0.3, -0.25) is 4.98 Å². The van der Waals surface area contributed by atoms with Crippen molar-refractivity contribution in [1.29, 1.82) is 0 Å². The molecule has 1 fully saturated rings. The number of rotatable bonds is 4. The van der Waals surface area contributed by atoms with Gasteiger partial charge in [0.1, 0.15) is 0 Å². The van der Waals surface area contributed by atoms with Gasteiger partial charge in [0.05, 0.1) is 22.9 Å². The Labute approximate surface area is 118 Å². The Hall–Kier alpha value is -1.13. The molecule has 0 bridgehead atoms. The highest BCUT2D eigenvalue weighted by Crippen LogP contribution is 2.28. The summed E-state index contributed by atoms with van der Waals surface area (Å²) in [5.74, 6) is 0. The fraction of sp³-hybridized carbons (Fsp3) is 0.467. The van der Waals surface area contributed by atoms with Crippen LogP contribution in [0.2, 0.25) is 0 Å². The van der Waals surface area contributed by atoms with Gasteiger partial charge in [0.15, 0.2) is 0 Å². The van der Waals surface area contributed by atoms with Crippen molar-refractivity contribution >= 4 is 22.8 Å². The molecule has 0 amide bonds. The summed E-state index contributed by atoms with van der Waals surface area (Å²) in [6.45, 7) is 0.823. The van der Waals surface area contributed by atoms with Crippen LogP contribution in [0.4, 0.5) is 0 Å². The molecular weight excluding hydrogens is 254 g/mol. The number of hydrogen-bond acceptors (Lipinski definition) is 4. The first-order valence-corrected chi connectivity index (χ1v) is 8.11. The predicted octanol–water partition coefficient (Wildman–Crippen LogP) is 3.00. The van der Waals surface area contributed by atoms with Crippen LogP contribution in [0, 0.1) is 0 Å². The van der Waals surface area contributed by atoms with Crippen molar-refractivity contribution in [2.45, 2.75) is 37.1 Å². The lowest BCUT2D eigenvalue weighted by molar-refractivity contribution is 0.520. The third-order valence-corrected chi connectivity index (χ3v) is 4.88. The molecule has 1 heterocycles. The van der Waals surface area contributed by atoms with Gasteiger partial charge in [-0.05, 0) is 37.7 Å². The van der Waals surface area contributed by atoms with Crippen LogP contribution in [0.25, 0.3) is 11.0 Å². The van der Waals surface area contributed by atoms with Crippen molar-refractivity contribution in [2.75, 3.05) is 6.26 Å². The number of thioether (sulfide) groups is 1. The Morgan fingerprint density at radius 3 is 2.89 bits per heavy atom. The second-order valence-corrected chi connectivity index (χ2v) is 6.24. The van der Waals surface area contributed by atoms with Crippen molar-refractivity contribution < 1.29 is 0 Å². The van der Waals surface area contributed by atoms with Gasteiger partial charge in [-0.1, -0.05) is 12.1 Å². The SMILES string of the molecule is CSC1CCC(NCc2cnc3ccccc3n2)C1. The van der Waals surface area contributed by atoms with Gasteiger partial charge in [0, 0.05) is 17.8 Å². The minimum absolute atomic E-state index is 0.644. The normalized spacial score (nSPS) is 23.0. The van der Waals surface area contributed by atoms with Crippen molar-refractivity contribution in [1.82, 2.24) is 15.3 Å². The number of aromatic nitrogens is 2. The summed E-state index contributed by atoms with van der Waals surface area (Å²) in [4.78, 5) is 9.10. The highest BCUT2D eigenvalue weighted by Gasteiger charge is 2.23. The molecule has 0 radical (unpaired) electrons. The maximum atomic E-state index is 4.65. The van der Waals surface area contributed by atoms with Gasteiger partial charge < -0.3 is 5.32 Å². The molecule has 0 aliphatic heterocycles. The largest absolute Gasteiger partial charge is 0.308 e. The Balaban J connectivity index is 1.62. The maximum absolute atomic E-state index is 4.65. The lowest BCUT2D eigenvalue weighted by atomic mass is 10.2. The van der Waals surface area contributed by atoms with Crippen molar-refractivity contribution in [3.05, 3.63) is 36.2 Å². The Kier molecular flexibility index (Phi) is 3.99. The molecule has 0 spiro atoms. The summed E-state index contributed by atoms with van der Waals surface area (Å²) in [6.07, 6.45) is 8.00. The summed E-state index contributed by atoms with van der Waals surface area (Å²) in [6, 6.07) is 8.67. The molecule has 2 unspecified atom stereocenters. The Morgan fingerprint density at radius 1 is 1.26 bits per heavy atom. The second kappa shape index (κ2) is 5.88. The zero-order chi connectivity index (χ0) is 13.1. The zero-order valence-corrected chi connectivity index (χ0v) is 12.0. The van der Waals surface area contributed by atoms with Crippen LogP contribution in [0.5, 0.6) is 0 Å². The molecule has 3 nitrogen and oxygen atoms in total. The first-order valence-electron chi connectivity index (χ1n) is 6.82. The van der Waals surface area contributed by atoms with Crippen LogP contribution in [0.3, 0.4) is 0 Å². The summed E-state index contributed by atoms with van der Waals surface area (Å²) in [7, 11) is 0. The van der Waals surface area contributed by atoms with Crippen LogP contribution < -0.4 is 5.32 Å². The van der Waals surface area contributed by atoms with Crippen LogP contribution >= 0.6 is 11.8 Å². The van der Waals surface area contributed by atoms with E-state index in [1.165, 1.54) is 19.3 Å².